The van der Waals surface area contributed by atoms with Gasteiger partial charge in [-0.25, -0.2) is 0 Å². The highest BCUT2D eigenvalue weighted by Crippen LogP contribution is 2.24. The van der Waals surface area contributed by atoms with Gasteiger partial charge in [-0.2, -0.15) is 0 Å². The number of ether oxygens (including phenoxy) is 2. The van der Waals surface area contributed by atoms with Crippen molar-refractivity contribution >= 4 is 11.6 Å². The van der Waals surface area contributed by atoms with Gasteiger partial charge in [0.15, 0.2) is 6.29 Å². The van der Waals surface area contributed by atoms with Crippen molar-refractivity contribution in [3.8, 4) is 0 Å². The fourth-order valence-electron chi connectivity index (χ4n) is 2.40. The number of hydrogen-bond acceptors (Lipinski definition) is 4. The molecular weight excluding hydrogens is 244 g/mol. The first-order chi connectivity index (χ1) is 9.33. The average Bonchev–Trinajstić information content (AvgIpc) is 3.13. The Morgan fingerprint density at radius 3 is 2.58 bits per heavy atom. The van der Waals surface area contributed by atoms with Gasteiger partial charge in [-0.1, -0.05) is 12.1 Å². The summed E-state index contributed by atoms with van der Waals surface area (Å²) >= 11 is 0. The smallest absolute Gasteiger partial charge is 0.228 e. The van der Waals surface area contributed by atoms with Gasteiger partial charge in [0.05, 0.1) is 19.1 Å². The maximum atomic E-state index is 12.0. The van der Waals surface area contributed by atoms with Crippen LogP contribution in [0.4, 0.5) is 5.69 Å². The lowest BCUT2D eigenvalue weighted by Gasteiger charge is -2.12. The standard InChI is InChI=1S/C14H18N2O3/c17-13(11-5-6-15-9-11)16-12-3-1-10(2-4-12)14-18-7-8-19-14/h1-4,11,14-15H,5-9H2,(H,16,17). The van der Waals surface area contributed by atoms with E-state index in [4.69, 9.17) is 9.47 Å². The highest BCUT2D eigenvalue weighted by Gasteiger charge is 2.22. The first kappa shape index (κ1) is 12.6. The first-order valence-electron chi connectivity index (χ1n) is 6.68. The Bertz CT molecular complexity index is 435. The third kappa shape index (κ3) is 2.94. The van der Waals surface area contributed by atoms with Crippen molar-refractivity contribution in [2.24, 2.45) is 5.92 Å². The molecule has 19 heavy (non-hydrogen) atoms. The molecule has 102 valence electrons. The number of rotatable bonds is 3. The molecule has 2 heterocycles. The second-order valence-corrected chi connectivity index (χ2v) is 4.87. The Kier molecular flexibility index (Phi) is 3.77. The molecule has 1 aromatic rings. The Morgan fingerprint density at radius 1 is 1.21 bits per heavy atom. The van der Waals surface area contributed by atoms with Crippen LogP contribution in [0, 0.1) is 5.92 Å². The second kappa shape index (κ2) is 5.69. The zero-order valence-corrected chi connectivity index (χ0v) is 10.7. The van der Waals surface area contributed by atoms with Crippen molar-refractivity contribution in [2.45, 2.75) is 12.7 Å². The van der Waals surface area contributed by atoms with Crippen LogP contribution in [0.25, 0.3) is 0 Å². The van der Waals surface area contributed by atoms with E-state index in [-0.39, 0.29) is 18.1 Å². The highest BCUT2D eigenvalue weighted by atomic mass is 16.7. The Morgan fingerprint density at radius 2 is 1.95 bits per heavy atom. The molecule has 1 unspecified atom stereocenters. The Hall–Kier alpha value is -1.43. The van der Waals surface area contributed by atoms with Crippen molar-refractivity contribution < 1.29 is 14.3 Å². The topological polar surface area (TPSA) is 59.6 Å². The van der Waals surface area contributed by atoms with Crippen LogP contribution >= 0.6 is 0 Å². The van der Waals surface area contributed by atoms with Gasteiger partial charge >= 0.3 is 0 Å². The molecule has 2 fully saturated rings. The van der Waals surface area contributed by atoms with Crippen LogP contribution in [0.2, 0.25) is 0 Å². The molecular formula is C14H18N2O3. The van der Waals surface area contributed by atoms with Crippen molar-refractivity contribution in [3.63, 3.8) is 0 Å². The van der Waals surface area contributed by atoms with Crippen molar-refractivity contribution in [3.05, 3.63) is 29.8 Å². The van der Waals surface area contributed by atoms with E-state index in [0.717, 1.165) is 30.8 Å². The van der Waals surface area contributed by atoms with Gasteiger partial charge in [0.25, 0.3) is 0 Å². The molecule has 0 aliphatic carbocycles. The van der Waals surface area contributed by atoms with Gasteiger partial charge in [0.1, 0.15) is 0 Å². The minimum absolute atomic E-state index is 0.0844. The summed E-state index contributed by atoms with van der Waals surface area (Å²) in [6.07, 6.45) is 0.650. The van der Waals surface area contributed by atoms with Crippen LogP contribution in [0.15, 0.2) is 24.3 Å². The van der Waals surface area contributed by atoms with Gasteiger partial charge in [0.2, 0.25) is 5.91 Å². The number of carbonyl (C=O) groups is 1. The molecule has 0 saturated carbocycles. The van der Waals surface area contributed by atoms with E-state index in [1.807, 2.05) is 24.3 Å². The molecule has 3 rings (SSSR count). The number of hydrogen-bond donors (Lipinski definition) is 2. The van der Waals surface area contributed by atoms with E-state index in [1.54, 1.807) is 0 Å². The monoisotopic (exact) mass is 262 g/mol. The summed E-state index contributed by atoms with van der Waals surface area (Å²) in [6, 6.07) is 7.64. The van der Waals surface area contributed by atoms with Crippen LogP contribution in [-0.4, -0.2) is 32.2 Å². The first-order valence-corrected chi connectivity index (χ1v) is 6.68. The van der Waals surface area contributed by atoms with E-state index in [1.165, 1.54) is 0 Å². The zero-order chi connectivity index (χ0) is 13.1. The zero-order valence-electron chi connectivity index (χ0n) is 10.7. The molecule has 1 aromatic carbocycles. The lowest BCUT2D eigenvalue weighted by atomic mass is 10.1. The number of benzene rings is 1. The average molecular weight is 262 g/mol. The predicted molar refractivity (Wildman–Crippen MR) is 70.7 cm³/mol. The lowest BCUT2D eigenvalue weighted by Crippen LogP contribution is -2.24. The minimum Gasteiger partial charge on any atom is -0.346 e. The van der Waals surface area contributed by atoms with E-state index in [9.17, 15) is 4.79 Å². The molecule has 2 aliphatic heterocycles. The Labute approximate surface area is 112 Å². The quantitative estimate of drug-likeness (QED) is 0.861. The van der Waals surface area contributed by atoms with Crippen LogP contribution in [-0.2, 0) is 14.3 Å². The summed E-state index contributed by atoms with van der Waals surface area (Å²) in [7, 11) is 0. The molecule has 0 spiro atoms. The van der Waals surface area contributed by atoms with Gasteiger partial charge in [-0.3, -0.25) is 4.79 Å². The van der Waals surface area contributed by atoms with Crippen LogP contribution in [0.3, 0.4) is 0 Å². The third-order valence-electron chi connectivity index (χ3n) is 3.50. The fraction of sp³-hybridized carbons (Fsp3) is 0.500. The third-order valence-corrected chi connectivity index (χ3v) is 3.50. The maximum Gasteiger partial charge on any atom is 0.228 e. The molecule has 5 nitrogen and oxygen atoms in total. The molecule has 1 amide bonds. The largest absolute Gasteiger partial charge is 0.346 e. The van der Waals surface area contributed by atoms with Crippen LogP contribution in [0.5, 0.6) is 0 Å². The minimum atomic E-state index is -0.260. The highest BCUT2D eigenvalue weighted by molar-refractivity contribution is 5.92. The molecule has 0 aromatic heterocycles. The van der Waals surface area contributed by atoms with Gasteiger partial charge in [-0.05, 0) is 25.1 Å². The molecule has 2 N–H and O–H groups in total. The van der Waals surface area contributed by atoms with E-state index >= 15 is 0 Å². The predicted octanol–water partition coefficient (Wildman–Crippen LogP) is 1.28. The molecule has 5 heteroatoms. The summed E-state index contributed by atoms with van der Waals surface area (Å²) in [6.45, 7) is 2.97. The van der Waals surface area contributed by atoms with Crippen molar-refractivity contribution in [1.29, 1.82) is 0 Å². The summed E-state index contributed by atoms with van der Waals surface area (Å²) in [5, 5.41) is 6.13. The number of amides is 1. The van der Waals surface area contributed by atoms with Crippen molar-refractivity contribution in [1.82, 2.24) is 5.32 Å². The van der Waals surface area contributed by atoms with E-state index < -0.39 is 0 Å². The molecule has 2 aliphatic rings. The van der Waals surface area contributed by atoms with Crippen LogP contribution in [0.1, 0.15) is 18.3 Å². The lowest BCUT2D eigenvalue weighted by molar-refractivity contribution is -0.119. The van der Waals surface area contributed by atoms with E-state index in [2.05, 4.69) is 10.6 Å². The van der Waals surface area contributed by atoms with Gasteiger partial charge < -0.3 is 20.1 Å². The summed E-state index contributed by atoms with van der Waals surface area (Å²) < 4.78 is 10.8. The normalized spacial score (nSPS) is 23.7. The van der Waals surface area contributed by atoms with E-state index in [0.29, 0.717) is 13.2 Å². The van der Waals surface area contributed by atoms with Crippen LogP contribution < -0.4 is 10.6 Å². The number of anilines is 1. The summed E-state index contributed by atoms with van der Waals surface area (Å²) in [5.41, 5.74) is 1.80. The molecule has 0 bridgehead atoms. The number of nitrogens with one attached hydrogen (secondary N) is 2. The number of carbonyl (C=O) groups excluding carboxylic acids is 1. The van der Waals surface area contributed by atoms with Crippen molar-refractivity contribution in [2.75, 3.05) is 31.6 Å². The molecule has 2 saturated heterocycles. The summed E-state index contributed by atoms with van der Waals surface area (Å²) in [4.78, 5) is 12.0. The molecule has 1 atom stereocenters. The fourth-order valence-corrected chi connectivity index (χ4v) is 2.40. The van der Waals surface area contributed by atoms with Gasteiger partial charge in [0, 0.05) is 17.8 Å². The van der Waals surface area contributed by atoms with Gasteiger partial charge in [-0.15, -0.1) is 0 Å². The second-order valence-electron chi connectivity index (χ2n) is 4.87. The summed E-state index contributed by atoms with van der Waals surface area (Å²) in [5.74, 6) is 0.173. The molecule has 0 radical (unpaired) electrons. The maximum absolute atomic E-state index is 12.0. The SMILES string of the molecule is O=C(Nc1ccc(C2OCCO2)cc1)C1CCNC1. The Balaban J connectivity index is 1.60.